The molecule has 0 unspecified atom stereocenters. The van der Waals surface area contributed by atoms with E-state index in [0.717, 1.165) is 30.8 Å². The summed E-state index contributed by atoms with van der Waals surface area (Å²) < 4.78 is 5.70. The molecule has 0 aromatic carbocycles. The Balaban J connectivity index is 1.47. The Morgan fingerprint density at radius 1 is 1.20 bits per heavy atom. The Morgan fingerprint density at radius 2 is 2.00 bits per heavy atom. The molecule has 1 aromatic rings. The van der Waals surface area contributed by atoms with Gasteiger partial charge in [-0.05, 0) is 44.7 Å². The predicted molar refractivity (Wildman–Crippen MR) is 81.5 cm³/mol. The summed E-state index contributed by atoms with van der Waals surface area (Å²) in [7, 11) is 2.23. The largest absolute Gasteiger partial charge is 0.468 e. The molecule has 3 rings (SSSR count). The number of hydrogen-bond acceptors (Lipinski definition) is 3. The van der Waals surface area contributed by atoms with E-state index < -0.39 is 0 Å². The average molecular weight is 276 g/mol. The van der Waals surface area contributed by atoms with Crippen LogP contribution in [0, 0.1) is 5.92 Å². The van der Waals surface area contributed by atoms with Crippen LogP contribution >= 0.6 is 0 Å². The van der Waals surface area contributed by atoms with E-state index >= 15 is 0 Å². The van der Waals surface area contributed by atoms with Crippen LogP contribution in [0.1, 0.15) is 56.3 Å². The monoisotopic (exact) mass is 276 g/mol. The Hall–Kier alpha value is -0.800. The minimum Gasteiger partial charge on any atom is -0.468 e. The van der Waals surface area contributed by atoms with Gasteiger partial charge in [0, 0.05) is 24.7 Å². The van der Waals surface area contributed by atoms with Gasteiger partial charge in [0.1, 0.15) is 5.76 Å². The highest BCUT2D eigenvalue weighted by Gasteiger charge is 2.21. The van der Waals surface area contributed by atoms with Crippen molar-refractivity contribution in [3.8, 4) is 0 Å². The molecular weight excluding hydrogens is 248 g/mol. The van der Waals surface area contributed by atoms with Crippen LogP contribution in [0.3, 0.4) is 0 Å². The second-order valence-corrected chi connectivity index (χ2v) is 6.72. The highest BCUT2D eigenvalue weighted by atomic mass is 16.3. The smallest absolute Gasteiger partial charge is 0.122 e. The molecule has 0 radical (unpaired) electrons. The van der Waals surface area contributed by atoms with Gasteiger partial charge in [-0.25, -0.2) is 0 Å². The van der Waals surface area contributed by atoms with Crippen molar-refractivity contribution in [2.45, 2.75) is 64.1 Å². The van der Waals surface area contributed by atoms with Crippen LogP contribution in [-0.4, -0.2) is 24.5 Å². The lowest BCUT2D eigenvalue weighted by atomic mass is 9.89. The molecule has 0 bridgehead atoms. The van der Waals surface area contributed by atoms with E-state index in [1.165, 1.54) is 57.1 Å². The molecule has 2 fully saturated rings. The van der Waals surface area contributed by atoms with E-state index in [9.17, 15) is 0 Å². The second-order valence-electron chi connectivity index (χ2n) is 6.72. The standard InChI is InChI=1S/C17H28N2O/c1-19(12-14-5-3-2-4-6-14)13-17-15(9-10-20-17)11-18-16-7-8-16/h9-10,14,16,18H,2-8,11-13H2,1H3. The van der Waals surface area contributed by atoms with Gasteiger partial charge in [-0.1, -0.05) is 19.3 Å². The Kier molecular flexibility index (Phi) is 4.79. The van der Waals surface area contributed by atoms with Crippen LogP contribution in [0.4, 0.5) is 0 Å². The van der Waals surface area contributed by atoms with Crippen molar-refractivity contribution in [1.29, 1.82) is 0 Å². The Bertz CT molecular complexity index is 405. The van der Waals surface area contributed by atoms with E-state index in [1.54, 1.807) is 0 Å². The minimum absolute atomic E-state index is 0.762. The third-order valence-electron chi connectivity index (χ3n) is 4.70. The van der Waals surface area contributed by atoms with E-state index in [0.29, 0.717) is 0 Å². The van der Waals surface area contributed by atoms with Crippen molar-refractivity contribution in [2.24, 2.45) is 5.92 Å². The number of nitrogens with one attached hydrogen (secondary N) is 1. The highest BCUT2D eigenvalue weighted by molar-refractivity contribution is 5.17. The van der Waals surface area contributed by atoms with Crippen molar-refractivity contribution >= 4 is 0 Å². The van der Waals surface area contributed by atoms with Gasteiger partial charge in [0.15, 0.2) is 0 Å². The average Bonchev–Trinajstić information content (AvgIpc) is 3.18. The van der Waals surface area contributed by atoms with E-state index in [-0.39, 0.29) is 0 Å². The Labute approximate surface area is 122 Å². The molecule has 0 spiro atoms. The maximum absolute atomic E-state index is 5.70. The molecule has 2 saturated carbocycles. The van der Waals surface area contributed by atoms with Crippen LogP contribution in [-0.2, 0) is 13.1 Å². The zero-order valence-electron chi connectivity index (χ0n) is 12.7. The molecule has 0 aliphatic heterocycles. The SMILES string of the molecule is CN(Cc1occc1CNC1CC1)CC1CCCCC1. The molecule has 0 saturated heterocycles. The lowest BCUT2D eigenvalue weighted by Crippen LogP contribution is -2.27. The normalized spacial score (nSPS) is 20.7. The lowest BCUT2D eigenvalue weighted by molar-refractivity contribution is 0.215. The van der Waals surface area contributed by atoms with Gasteiger partial charge >= 0.3 is 0 Å². The van der Waals surface area contributed by atoms with E-state index in [4.69, 9.17) is 4.42 Å². The third kappa shape index (κ3) is 4.10. The molecule has 0 amide bonds. The van der Waals surface area contributed by atoms with E-state index in [2.05, 4.69) is 23.3 Å². The summed E-state index contributed by atoms with van der Waals surface area (Å²) in [5, 5.41) is 3.58. The van der Waals surface area contributed by atoms with Crippen molar-refractivity contribution < 1.29 is 4.42 Å². The van der Waals surface area contributed by atoms with Crippen LogP contribution in [0.25, 0.3) is 0 Å². The zero-order valence-corrected chi connectivity index (χ0v) is 12.7. The fraction of sp³-hybridized carbons (Fsp3) is 0.765. The maximum atomic E-state index is 5.70. The van der Waals surface area contributed by atoms with Crippen molar-refractivity contribution in [2.75, 3.05) is 13.6 Å². The Morgan fingerprint density at radius 3 is 2.75 bits per heavy atom. The quantitative estimate of drug-likeness (QED) is 0.825. The van der Waals surface area contributed by atoms with Crippen LogP contribution in [0.5, 0.6) is 0 Å². The summed E-state index contributed by atoms with van der Waals surface area (Å²) in [6.45, 7) is 3.13. The molecule has 1 heterocycles. The van der Waals surface area contributed by atoms with Crippen LogP contribution in [0.2, 0.25) is 0 Å². The molecule has 112 valence electrons. The summed E-state index contributed by atoms with van der Waals surface area (Å²) in [5.74, 6) is 2.05. The molecule has 3 heteroatoms. The molecule has 2 aliphatic rings. The van der Waals surface area contributed by atoms with E-state index in [1.807, 2.05) is 6.26 Å². The fourth-order valence-corrected chi connectivity index (χ4v) is 3.33. The van der Waals surface area contributed by atoms with Gasteiger partial charge in [0.2, 0.25) is 0 Å². The summed E-state index contributed by atoms with van der Waals surface area (Å²) in [6, 6.07) is 2.89. The predicted octanol–water partition coefficient (Wildman–Crippen LogP) is 3.54. The van der Waals surface area contributed by atoms with Crippen LogP contribution < -0.4 is 5.32 Å². The van der Waals surface area contributed by atoms with Gasteiger partial charge < -0.3 is 9.73 Å². The topological polar surface area (TPSA) is 28.4 Å². The maximum Gasteiger partial charge on any atom is 0.122 e. The molecule has 1 N–H and O–H groups in total. The number of nitrogens with zero attached hydrogens (tertiary/aromatic N) is 1. The first-order valence-corrected chi connectivity index (χ1v) is 8.28. The van der Waals surface area contributed by atoms with Crippen molar-refractivity contribution in [3.05, 3.63) is 23.7 Å². The third-order valence-corrected chi connectivity index (χ3v) is 4.70. The molecule has 2 aliphatic carbocycles. The number of hydrogen-bond donors (Lipinski definition) is 1. The molecule has 3 nitrogen and oxygen atoms in total. The first kappa shape index (κ1) is 14.2. The zero-order chi connectivity index (χ0) is 13.8. The van der Waals surface area contributed by atoms with Gasteiger partial charge in [0.05, 0.1) is 12.8 Å². The molecule has 20 heavy (non-hydrogen) atoms. The number of furan rings is 1. The fourth-order valence-electron chi connectivity index (χ4n) is 3.33. The summed E-state index contributed by atoms with van der Waals surface area (Å²) in [5.41, 5.74) is 1.34. The van der Waals surface area contributed by atoms with Gasteiger partial charge in [-0.2, -0.15) is 0 Å². The minimum atomic E-state index is 0.762. The lowest BCUT2D eigenvalue weighted by Gasteiger charge is -2.26. The van der Waals surface area contributed by atoms with Crippen molar-refractivity contribution in [1.82, 2.24) is 10.2 Å². The molecular formula is C17H28N2O. The summed E-state index contributed by atoms with van der Waals surface area (Å²) in [4.78, 5) is 2.44. The summed E-state index contributed by atoms with van der Waals surface area (Å²) in [6.07, 6.45) is 11.6. The molecule has 1 aromatic heterocycles. The first-order chi connectivity index (χ1) is 9.81. The second kappa shape index (κ2) is 6.77. The highest BCUT2D eigenvalue weighted by Crippen LogP contribution is 2.25. The van der Waals surface area contributed by atoms with Crippen molar-refractivity contribution in [3.63, 3.8) is 0 Å². The van der Waals surface area contributed by atoms with Gasteiger partial charge in [0.25, 0.3) is 0 Å². The summed E-state index contributed by atoms with van der Waals surface area (Å²) >= 11 is 0. The van der Waals surface area contributed by atoms with Gasteiger partial charge in [-0.15, -0.1) is 0 Å². The van der Waals surface area contributed by atoms with Crippen LogP contribution in [0.15, 0.2) is 16.7 Å². The molecule has 0 atom stereocenters. The van der Waals surface area contributed by atoms with Gasteiger partial charge in [-0.3, -0.25) is 4.90 Å². The number of rotatable bonds is 7. The first-order valence-electron chi connectivity index (χ1n) is 8.28.